The van der Waals surface area contributed by atoms with Crippen LogP contribution in [0.1, 0.15) is 74.9 Å². The molecule has 1 heterocycles. The third-order valence-electron chi connectivity index (χ3n) is 7.51. The molecule has 0 fully saturated rings. The minimum atomic E-state index is -0.394. The molecule has 4 aromatic carbocycles. The molecule has 0 saturated heterocycles. The summed E-state index contributed by atoms with van der Waals surface area (Å²) in [5, 5.41) is 0. The maximum atomic E-state index is 2.48. The fraction of sp³-hybridized carbons (Fsp3) is 0.243. The lowest BCUT2D eigenvalue weighted by molar-refractivity contribution is 0.589. The fourth-order valence-corrected chi connectivity index (χ4v) is 6.35. The number of rotatable bonds is 4. The average molecular weight is 515 g/mol. The molecular formula is C37H38S. The van der Waals surface area contributed by atoms with Gasteiger partial charge in [0.1, 0.15) is 0 Å². The van der Waals surface area contributed by atoms with E-state index < -0.39 is 5.41 Å². The molecule has 0 nitrogen and oxygen atoms in total. The van der Waals surface area contributed by atoms with Crippen LogP contribution < -0.4 is 0 Å². The lowest BCUT2D eigenvalue weighted by atomic mass is 9.71. The monoisotopic (exact) mass is 514 g/mol. The highest BCUT2D eigenvalue weighted by molar-refractivity contribution is 8.16. The van der Waals surface area contributed by atoms with Gasteiger partial charge in [0.25, 0.3) is 0 Å². The number of thioether (sulfide) groups is 1. The minimum Gasteiger partial charge on any atom is -0.0894 e. The highest BCUT2D eigenvalue weighted by Gasteiger charge is 2.35. The van der Waals surface area contributed by atoms with E-state index in [0.29, 0.717) is 0 Å². The number of hydrogen-bond acceptors (Lipinski definition) is 1. The van der Waals surface area contributed by atoms with Crippen LogP contribution >= 0.6 is 11.8 Å². The van der Waals surface area contributed by atoms with Gasteiger partial charge in [-0.2, -0.15) is 0 Å². The standard InChI is InChI=1S/C37H38S/c1-35(2,3)29-17-21-31(22-18-29)37(32-23-19-30(20-24-32)36(4,5)6)25-33(27-13-9-7-10-14-27)38-34(26-37)28-15-11-8-12-16-28/h7-26H,1-6H3. The second kappa shape index (κ2) is 10.1. The summed E-state index contributed by atoms with van der Waals surface area (Å²) < 4.78 is 0. The Balaban J connectivity index is 1.78. The summed E-state index contributed by atoms with van der Waals surface area (Å²) in [7, 11) is 0. The Morgan fingerprint density at radius 1 is 0.447 bits per heavy atom. The van der Waals surface area contributed by atoms with Gasteiger partial charge in [-0.1, -0.05) is 175 Å². The molecule has 0 radical (unpaired) electrons. The topological polar surface area (TPSA) is 0 Å². The van der Waals surface area contributed by atoms with Gasteiger partial charge in [-0.3, -0.25) is 0 Å². The molecule has 38 heavy (non-hydrogen) atoms. The maximum Gasteiger partial charge on any atom is 0.0590 e. The van der Waals surface area contributed by atoms with Crippen molar-refractivity contribution in [3.05, 3.63) is 155 Å². The van der Waals surface area contributed by atoms with Crippen LogP contribution in [0.15, 0.2) is 121 Å². The van der Waals surface area contributed by atoms with Crippen LogP contribution in [0.2, 0.25) is 0 Å². The van der Waals surface area contributed by atoms with E-state index in [4.69, 9.17) is 0 Å². The first-order valence-electron chi connectivity index (χ1n) is 13.5. The molecule has 0 unspecified atom stereocenters. The van der Waals surface area contributed by atoms with Crippen molar-refractivity contribution in [2.75, 3.05) is 0 Å². The first-order chi connectivity index (χ1) is 18.1. The van der Waals surface area contributed by atoms with Crippen LogP contribution in [0, 0.1) is 0 Å². The van der Waals surface area contributed by atoms with Gasteiger partial charge in [0.05, 0.1) is 5.41 Å². The largest absolute Gasteiger partial charge is 0.0894 e. The van der Waals surface area contributed by atoms with Crippen molar-refractivity contribution in [3.8, 4) is 0 Å². The molecule has 1 heteroatoms. The van der Waals surface area contributed by atoms with Gasteiger partial charge in [-0.15, -0.1) is 0 Å². The lowest BCUT2D eigenvalue weighted by Crippen LogP contribution is -2.26. The van der Waals surface area contributed by atoms with Crippen LogP contribution in [0.5, 0.6) is 0 Å². The van der Waals surface area contributed by atoms with E-state index in [9.17, 15) is 0 Å². The summed E-state index contributed by atoms with van der Waals surface area (Å²) in [4.78, 5) is 2.57. The van der Waals surface area contributed by atoms with Gasteiger partial charge in [0, 0.05) is 9.81 Å². The van der Waals surface area contributed by atoms with Gasteiger partial charge in [0.2, 0.25) is 0 Å². The molecule has 192 valence electrons. The molecule has 0 aromatic heterocycles. The molecule has 0 aliphatic carbocycles. The van der Waals surface area contributed by atoms with Gasteiger partial charge >= 0.3 is 0 Å². The Morgan fingerprint density at radius 3 is 1.11 bits per heavy atom. The SMILES string of the molecule is CC(C)(C)c1ccc(C2(c3ccc(C(C)(C)C)cc3)C=C(c3ccccc3)SC(c3ccccc3)=C2)cc1. The summed E-state index contributed by atoms with van der Waals surface area (Å²) in [5.74, 6) is 0. The summed E-state index contributed by atoms with van der Waals surface area (Å²) in [5.41, 5.74) is 7.61. The average Bonchev–Trinajstić information content (AvgIpc) is 2.93. The third kappa shape index (κ3) is 5.31. The summed E-state index contributed by atoms with van der Waals surface area (Å²) in [6.07, 6.45) is 4.97. The zero-order valence-corrected chi connectivity index (χ0v) is 24.3. The number of hydrogen-bond donors (Lipinski definition) is 0. The highest BCUT2D eigenvalue weighted by atomic mass is 32.2. The molecule has 1 aliphatic rings. The molecule has 0 N–H and O–H groups in total. The molecule has 4 aromatic rings. The maximum absolute atomic E-state index is 2.48. The van der Waals surface area contributed by atoms with Gasteiger partial charge in [-0.05, 0) is 44.2 Å². The van der Waals surface area contributed by atoms with Crippen LogP contribution in [-0.2, 0) is 16.2 Å². The van der Waals surface area contributed by atoms with Crippen molar-refractivity contribution in [3.63, 3.8) is 0 Å². The second-order valence-corrected chi connectivity index (χ2v) is 13.5. The predicted octanol–water partition coefficient (Wildman–Crippen LogP) is 10.4. The molecular weight excluding hydrogens is 476 g/mol. The van der Waals surface area contributed by atoms with Crippen molar-refractivity contribution in [1.29, 1.82) is 0 Å². The van der Waals surface area contributed by atoms with Gasteiger partial charge in [-0.25, -0.2) is 0 Å². The minimum absolute atomic E-state index is 0.110. The fourth-order valence-electron chi connectivity index (χ4n) is 5.11. The van der Waals surface area contributed by atoms with E-state index in [1.54, 1.807) is 0 Å². The van der Waals surface area contributed by atoms with Gasteiger partial charge < -0.3 is 0 Å². The second-order valence-electron chi connectivity index (χ2n) is 12.4. The Hall–Kier alpha value is -3.29. The Labute approximate surface area is 233 Å². The van der Waals surface area contributed by atoms with E-state index in [0.717, 1.165) is 0 Å². The molecule has 0 saturated carbocycles. The van der Waals surface area contributed by atoms with Crippen molar-refractivity contribution in [2.24, 2.45) is 0 Å². The zero-order valence-electron chi connectivity index (χ0n) is 23.5. The predicted molar refractivity (Wildman–Crippen MR) is 167 cm³/mol. The van der Waals surface area contributed by atoms with Crippen LogP contribution in [0.4, 0.5) is 0 Å². The Kier molecular flexibility index (Phi) is 7.01. The van der Waals surface area contributed by atoms with Crippen LogP contribution in [0.25, 0.3) is 9.81 Å². The summed E-state index contributed by atoms with van der Waals surface area (Å²) in [6, 6.07) is 40.2. The van der Waals surface area contributed by atoms with Crippen molar-refractivity contribution in [1.82, 2.24) is 0 Å². The molecule has 0 atom stereocenters. The van der Waals surface area contributed by atoms with Crippen molar-refractivity contribution < 1.29 is 0 Å². The molecule has 1 aliphatic heterocycles. The van der Waals surface area contributed by atoms with Crippen molar-refractivity contribution >= 4 is 21.6 Å². The number of benzene rings is 4. The van der Waals surface area contributed by atoms with Crippen molar-refractivity contribution in [2.45, 2.75) is 57.8 Å². The first-order valence-corrected chi connectivity index (χ1v) is 14.3. The first kappa shape index (κ1) is 26.3. The molecule has 0 bridgehead atoms. The quantitative estimate of drug-likeness (QED) is 0.261. The smallest absolute Gasteiger partial charge is 0.0590 e. The molecule has 0 amide bonds. The third-order valence-corrected chi connectivity index (χ3v) is 8.66. The van der Waals surface area contributed by atoms with E-state index in [-0.39, 0.29) is 10.8 Å². The van der Waals surface area contributed by atoms with Crippen LogP contribution in [0.3, 0.4) is 0 Å². The summed E-state index contributed by atoms with van der Waals surface area (Å²) >= 11 is 1.87. The number of allylic oxidation sites excluding steroid dienone is 2. The highest BCUT2D eigenvalue weighted by Crippen LogP contribution is 2.51. The Bertz CT molecular complexity index is 1330. The van der Waals surface area contributed by atoms with Crippen LogP contribution in [-0.4, -0.2) is 0 Å². The Morgan fingerprint density at radius 2 is 0.789 bits per heavy atom. The van der Waals surface area contributed by atoms with E-state index in [2.05, 4.69) is 163 Å². The summed E-state index contributed by atoms with van der Waals surface area (Å²) in [6.45, 7) is 13.7. The zero-order chi connectivity index (χ0) is 27.0. The normalized spacial score (nSPS) is 15.5. The van der Waals surface area contributed by atoms with E-state index in [1.807, 2.05) is 11.8 Å². The molecule has 5 rings (SSSR count). The van der Waals surface area contributed by atoms with E-state index in [1.165, 1.54) is 43.2 Å². The van der Waals surface area contributed by atoms with E-state index >= 15 is 0 Å². The molecule has 0 spiro atoms. The van der Waals surface area contributed by atoms with Gasteiger partial charge in [0.15, 0.2) is 0 Å². The lowest BCUT2D eigenvalue weighted by Gasteiger charge is -2.35.